The van der Waals surface area contributed by atoms with Gasteiger partial charge in [0.2, 0.25) is 0 Å². The van der Waals surface area contributed by atoms with Crippen LogP contribution in [0.3, 0.4) is 0 Å². The number of para-hydroxylation sites is 1. The first-order valence-electron chi connectivity index (χ1n) is 13.5. The average Bonchev–Trinajstić information content (AvgIpc) is 3.74. The van der Waals surface area contributed by atoms with Crippen LogP contribution in [0.25, 0.3) is 55.7 Å². The Morgan fingerprint density at radius 2 is 1.87 bits per heavy atom. The van der Waals surface area contributed by atoms with E-state index in [0.717, 1.165) is 58.0 Å². The molecule has 6 aromatic rings. The lowest BCUT2D eigenvalue weighted by molar-refractivity contribution is 0.489. The summed E-state index contributed by atoms with van der Waals surface area (Å²) in [5.41, 5.74) is 11.2. The van der Waals surface area contributed by atoms with Crippen LogP contribution in [0.4, 0.5) is 0 Å². The Balaban J connectivity index is 1.22. The van der Waals surface area contributed by atoms with E-state index in [4.69, 9.17) is 4.98 Å². The molecule has 38 heavy (non-hydrogen) atoms. The Hall–Kier alpha value is -3.74. The van der Waals surface area contributed by atoms with Crippen molar-refractivity contribution >= 4 is 33.3 Å². The van der Waals surface area contributed by atoms with E-state index in [2.05, 4.69) is 98.8 Å². The van der Waals surface area contributed by atoms with Gasteiger partial charge < -0.3 is 10.3 Å². The molecule has 3 N–H and O–H groups in total. The van der Waals surface area contributed by atoms with E-state index in [1.165, 1.54) is 53.5 Å². The Bertz CT molecular complexity index is 1720. The number of hydrogen-bond donors (Lipinski definition) is 3. The third kappa shape index (κ3) is 4.44. The van der Waals surface area contributed by atoms with Gasteiger partial charge in [-0.2, -0.15) is 16.4 Å². The predicted molar refractivity (Wildman–Crippen MR) is 158 cm³/mol. The van der Waals surface area contributed by atoms with E-state index in [1.54, 1.807) is 11.3 Å². The summed E-state index contributed by atoms with van der Waals surface area (Å²) in [5, 5.41) is 16.9. The van der Waals surface area contributed by atoms with Crippen LogP contribution < -0.4 is 5.32 Å². The van der Waals surface area contributed by atoms with Gasteiger partial charge in [-0.15, -0.1) is 0 Å². The van der Waals surface area contributed by atoms with Gasteiger partial charge in [-0.1, -0.05) is 48.7 Å². The number of rotatable bonds is 7. The van der Waals surface area contributed by atoms with E-state index in [1.807, 2.05) is 0 Å². The number of aryl methyl sites for hydroxylation is 1. The monoisotopic (exact) mass is 517 g/mol. The zero-order valence-electron chi connectivity index (χ0n) is 21.6. The van der Waals surface area contributed by atoms with Crippen molar-refractivity contribution < 1.29 is 0 Å². The lowest BCUT2D eigenvalue weighted by Crippen LogP contribution is -2.20. The molecule has 6 heteroatoms. The number of H-pyrrole nitrogens is 2. The molecule has 5 nitrogen and oxygen atoms in total. The fourth-order valence-corrected chi connectivity index (χ4v) is 6.59. The van der Waals surface area contributed by atoms with Crippen molar-refractivity contribution in [1.29, 1.82) is 0 Å². The van der Waals surface area contributed by atoms with E-state index >= 15 is 0 Å². The minimum atomic E-state index is 0.784. The summed E-state index contributed by atoms with van der Waals surface area (Å²) in [5.74, 6) is 1.63. The van der Waals surface area contributed by atoms with Gasteiger partial charge in [-0.25, -0.2) is 4.98 Å². The number of aromatic amines is 2. The molecule has 0 spiro atoms. The number of imidazole rings is 1. The molecule has 0 radical (unpaired) electrons. The smallest absolute Gasteiger partial charge is 0.159 e. The molecule has 7 rings (SSSR count). The van der Waals surface area contributed by atoms with E-state index < -0.39 is 0 Å². The van der Waals surface area contributed by atoms with E-state index in [0.29, 0.717) is 0 Å². The van der Waals surface area contributed by atoms with Gasteiger partial charge in [0.25, 0.3) is 0 Å². The zero-order chi connectivity index (χ0) is 25.5. The van der Waals surface area contributed by atoms with Crippen molar-refractivity contribution in [3.05, 3.63) is 82.6 Å². The van der Waals surface area contributed by atoms with E-state index in [-0.39, 0.29) is 0 Å². The highest BCUT2D eigenvalue weighted by Gasteiger charge is 2.17. The number of hydrogen-bond acceptors (Lipinski definition) is 4. The minimum absolute atomic E-state index is 0.784. The highest BCUT2D eigenvalue weighted by Crippen LogP contribution is 2.34. The molecule has 3 aromatic heterocycles. The van der Waals surface area contributed by atoms with Crippen LogP contribution in [0, 0.1) is 12.8 Å². The second-order valence-electron chi connectivity index (χ2n) is 10.6. The first kappa shape index (κ1) is 23.4. The van der Waals surface area contributed by atoms with Crippen molar-refractivity contribution in [1.82, 2.24) is 25.5 Å². The fourth-order valence-electron chi connectivity index (χ4n) is 5.94. The molecule has 190 valence electrons. The van der Waals surface area contributed by atoms with Gasteiger partial charge in [0, 0.05) is 17.5 Å². The summed E-state index contributed by atoms with van der Waals surface area (Å²) in [4.78, 5) is 8.53. The summed E-state index contributed by atoms with van der Waals surface area (Å²) in [6.07, 6.45) is 5.53. The highest BCUT2D eigenvalue weighted by molar-refractivity contribution is 7.08. The number of thiophene rings is 1. The normalized spacial score (nSPS) is 14.2. The largest absolute Gasteiger partial charge is 0.337 e. The average molecular weight is 518 g/mol. The lowest BCUT2D eigenvalue weighted by atomic mass is 9.98. The molecular weight excluding hydrogens is 486 g/mol. The van der Waals surface area contributed by atoms with Crippen molar-refractivity contribution in [2.75, 3.05) is 6.54 Å². The maximum atomic E-state index is 5.02. The number of aromatic nitrogens is 4. The number of fused-ring (bicyclic) bond motifs is 2. The Labute approximate surface area is 226 Å². The van der Waals surface area contributed by atoms with Crippen molar-refractivity contribution in [2.45, 2.75) is 39.2 Å². The molecule has 0 bridgehead atoms. The number of nitrogens with zero attached hydrogens (tertiary/aromatic N) is 2. The summed E-state index contributed by atoms with van der Waals surface area (Å²) in [6.45, 7) is 4.22. The Morgan fingerprint density at radius 1 is 0.947 bits per heavy atom. The third-order valence-corrected chi connectivity index (χ3v) is 8.52. The zero-order valence-corrected chi connectivity index (χ0v) is 22.4. The van der Waals surface area contributed by atoms with Crippen LogP contribution in [0.15, 0.2) is 71.4 Å². The van der Waals surface area contributed by atoms with Gasteiger partial charge >= 0.3 is 0 Å². The minimum Gasteiger partial charge on any atom is -0.337 e. The molecule has 0 saturated heterocycles. The Kier molecular flexibility index (Phi) is 6.06. The third-order valence-electron chi connectivity index (χ3n) is 7.84. The molecular formula is C32H31N5S. The van der Waals surface area contributed by atoms with Gasteiger partial charge in [0.1, 0.15) is 5.69 Å². The maximum absolute atomic E-state index is 5.02. The first-order valence-corrected chi connectivity index (χ1v) is 14.5. The standard InChI is InChI=1S/C32H31N5S/c1-20-13-22(18-33-17-21-5-2-3-6-21)15-25(14-20)23-9-10-28-27(16-23)31(37-36-28)32-34-29-8-4-7-26(30(29)35-32)24-11-12-38-19-24/h4,7-16,19,21,33H,2-3,5-6,17-18H2,1H3,(H,34,35)(H,36,37). The van der Waals surface area contributed by atoms with Crippen molar-refractivity contribution in [2.24, 2.45) is 5.92 Å². The molecule has 0 unspecified atom stereocenters. The van der Waals surface area contributed by atoms with Crippen LogP contribution in [-0.4, -0.2) is 26.7 Å². The predicted octanol–water partition coefficient (Wildman–Crippen LogP) is 8.09. The van der Waals surface area contributed by atoms with Gasteiger partial charge in [0.05, 0.1) is 16.6 Å². The molecule has 0 aliphatic heterocycles. The Morgan fingerprint density at radius 3 is 2.74 bits per heavy atom. The number of nitrogens with one attached hydrogen (secondary N) is 3. The molecule has 0 amide bonds. The molecule has 3 aromatic carbocycles. The molecule has 1 fully saturated rings. The maximum Gasteiger partial charge on any atom is 0.159 e. The fraction of sp³-hybridized carbons (Fsp3) is 0.250. The number of benzene rings is 3. The summed E-state index contributed by atoms with van der Waals surface area (Å²) >= 11 is 1.70. The van der Waals surface area contributed by atoms with Gasteiger partial charge in [0.15, 0.2) is 5.82 Å². The molecule has 0 atom stereocenters. The topological polar surface area (TPSA) is 69.4 Å². The van der Waals surface area contributed by atoms with Crippen molar-refractivity contribution in [3.8, 4) is 33.8 Å². The first-order chi connectivity index (χ1) is 18.7. The summed E-state index contributed by atoms with van der Waals surface area (Å²) in [7, 11) is 0. The van der Waals surface area contributed by atoms with Crippen molar-refractivity contribution in [3.63, 3.8) is 0 Å². The SMILES string of the molecule is Cc1cc(CNCC2CCCC2)cc(-c2ccc3[nH]nc(-c4nc5c(-c6ccsc6)cccc5[nH]4)c3c2)c1. The van der Waals surface area contributed by atoms with Crippen LogP contribution in [0.2, 0.25) is 0 Å². The summed E-state index contributed by atoms with van der Waals surface area (Å²) in [6, 6.07) is 21.9. The quantitative estimate of drug-likeness (QED) is 0.200. The molecule has 1 aliphatic rings. The van der Waals surface area contributed by atoms with Crippen LogP contribution in [0.1, 0.15) is 36.8 Å². The molecule has 1 aliphatic carbocycles. The van der Waals surface area contributed by atoms with Gasteiger partial charge in [-0.05, 0) is 95.6 Å². The highest BCUT2D eigenvalue weighted by atomic mass is 32.1. The van der Waals surface area contributed by atoms with Crippen LogP contribution in [0.5, 0.6) is 0 Å². The van der Waals surface area contributed by atoms with Gasteiger partial charge in [-0.3, -0.25) is 5.10 Å². The molecule has 3 heterocycles. The second-order valence-corrected chi connectivity index (χ2v) is 11.4. The second kappa shape index (κ2) is 9.86. The van der Waals surface area contributed by atoms with E-state index in [9.17, 15) is 0 Å². The van der Waals surface area contributed by atoms with Crippen LogP contribution >= 0.6 is 11.3 Å². The molecule has 1 saturated carbocycles. The summed E-state index contributed by atoms with van der Waals surface area (Å²) < 4.78 is 0. The lowest BCUT2D eigenvalue weighted by Gasteiger charge is -2.12. The van der Waals surface area contributed by atoms with Crippen LogP contribution in [-0.2, 0) is 6.54 Å².